The summed E-state index contributed by atoms with van der Waals surface area (Å²) in [5, 5.41) is 2.01. The predicted molar refractivity (Wildman–Crippen MR) is 140 cm³/mol. The van der Waals surface area contributed by atoms with Crippen molar-refractivity contribution in [3.05, 3.63) is 68.4 Å². The van der Waals surface area contributed by atoms with Gasteiger partial charge < -0.3 is 14.6 Å². The number of rotatable bonds is 9. The standard InChI is InChI=1S/C26H31N3O5S2/c1-17(2)24-21(26(31)34-13-11-18-8-7-12-29(18)3)14-20(25(30)28-24)22-15-35-23(27-22)16-36(32,33)19-9-5-4-6-10-19/h4-6,9-10,14-15,17-18H,7-8,11-13,16H2,1-3H3,(H,28,30). The molecule has 1 aromatic carbocycles. The van der Waals surface area contributed by atoms with Crippen LogP contribution in [0.15, 0.2) is 51.5 Å². The van der Waals surface area contributed by atoms with Crippen LogP contribution in [0.3, 0.4) is 0 Å². The van der Waals surface area contributed by atoms with Gasteiger partial charge in [-0.3, -0.25) is 4.79 Å². The van der Waals surface area contributed by atoms with Crippen LogP contribution in [0.1, 0.15) is 60.1 Å². The van der Waals surface area contributed by atoms with E-state index >= 15 is 0 Å². The van der Waals surface area contributed by atoms with Crippen LogP contribution in [0, 0.1) is 0 Å². The first kappa shape index (κ1) is 26.2. The van der Waals surface area contributed by atoms with E-state index in [1.807, 2.05) is 13.8 Å². The molecular formula is C26H31N3O5S2. The number of nitrogens with one attached hydrogen (secondary N) is 1. The minimum absolute atomic E-state index is 0.0997. The highest BCUT2D eigenvalue weighted by atomic mass is 32.2. The van der Waals surface area contributed by atoms with Crippen LogP contribution in [-0.2, 0) is 20.3 Å². The van der Waals surface area contributed by atoms with Crippen molar-refractivity contribution in [2.24, 2.45) is 0 Å². The number of thiazole rings is 1. The number of aromatic amines is 1. The van der Waals surface area contributed by atoms with E-state index in [2.05, 4.69) is 21.9 Å². The van der Waals surface area contributed by atoms with Crippen LogP contribution in [0.5, 0.6) is 0 Å². The second kappa shape index (κ2) is 11.1. The Labute approximate surface area is 215 Å². The molecule has 0 radical (unpaired) electrons. The maximum absolute atomic E-state index is 13.0. The molecule has 1 N–H and O–H groups in total. The number of likely N-dealkylation sites (tertiary alicyclic amines) is 1. The lowest BCUT2D eigenvalue weighted by Crippen LogP contribution is -2.27. The van der Waals surface area contributed by atoms with Gasteiger partial charge in [0.15, 0.2) is 9.84 Å². The molecule has 2 aromatic heterocycles. The number of hydrogen-bond donors (Lipinski definition) is 1. The molecule has 192 valence electrons. The third kappa shape index (κ3) is 5.93. The highest BCUT2D eigenvalue weighted by molar-refractivity contribution is 7.90. The Morgan fingerprint density at radius 2 is 2.03 bits per heavy atom. The van der Waals surface area contributed by atoms with Gasteiger partial charge in [-0.25, -0.2) is 18.2 Å². The molecule has 3 aromatic rings. The third-order valence-electron chi connectivity index (χ3n) is 6.47. The first-order chi connectivity index (χ1) is 17.2. The third-order valence-corrected chi connectivity index (χ3v) is 9.14. The van der Waals surface area contributed by atoms with Gasteiger partial charge in [0, 0.05) is 17.1 Å². The summed E-state index contributed by atoms with van der Waals surface area (Å²) in [5.74, 6) is -0.856. The molecule has 1 saturated heterocycles. The maximum Gasteiger partial charge on any atom is 0.339 e. The van der Waals surface area contributed by atoms with Crippen LogP contribution in [0.4, 0.5) is 0 Å². The fourth-order valence-corrected chi connectivity index (χ4v) is 6.89. The number of sulfone groups is 1. The summed E-state index contributed by atoms with van der Waals surface area (Å²) >= 11 is 1.16. The van der Waals surface area contributed by atoms with Crippen LogP contribution < -0.4 is 5.56 Å². The molecule has 10 heteroatoms. The van der Waals surface area contributed by atoms with Gasteiger partial charge >= 0.3 is 5.97 Å². The lowest BCUT2D eigenvalue weighted by molar-refractivity contribution is 0.0473. The van der Waals surface area contributed by atoms with Crippen LogP contribution in [-0.4, -0.2) is 55.5 Å². The van der Waals surface area contributed by atoms with E-state index in [1.54, 1.807) is 35.7 Å². The summed E-state index contributed by atoms with van der Waals surface area (Å²) in [6.45, 7) is 5.15. The summed E-state index contributed by atoms with van der Waals surface area (Å²) in [5.41, 5.74) is 0.961. The summed E-state index contributed by atoms with van der Waals surface area (Å²) in [6.07, 6.45) is 3.01. The first-order valence-electron chi connectivity index (χ1n) is 12.0. The average Bonchev–Trinajstić information content (AvgIpc) is 3.47. The molecule has 0 spiro atoms. The van der Waals surface area contributed by atoms with Crippen molar-refractivity contribution in [1.82, 2.24) is 14.9 Å². The molecule has 0 amide bonds. The van der Waals surface area contributed by atoms with Crippen molar-refractivity contribution in [3.8, 4) is 11.3 Å². The van der Waals surface area contributed by atoms with Crippen molar-refractivity contribution in [1.29, 1.82) is 0 Å². The number of hydrogen-bond acceptors (Lipinski definition) is 8. The number of esters is 1. The zero-order valence-electron chi connectivity index (χ0n) is 20.7. The Hall–Kier alpha value is -2.82. The largest absolute Gasteiger partial charge is 0.462 e. The molecule has 0 saturated carbocycles. The van der Waals surface area contributed by atoms with Gasteiger partial charge in [0.25, 0.3) is 5.56 Å². The predicted octanol–water partition coefficient (Wildman–Crippen LogP) is 4.24. The highest BCUT2D eigenvalue weighted by Gasteiger charge is 2.24. The van der Waals surface area contributed by atoms with Crippen molar-refractivity contribution in [2.45, 2.75) is 55.7 Å². The van der Waals surface area contributed by atoms with Crippen molar-refractivity contribution in [3.63, 3.8) is 0 Å². The molecular weight excluding hydrogens is 498 g/mol. The van der Waals surface area contributed by atoms with Gasteiger partial charge in [-0.1, -0.05) is 32.0 Å². The Morgan fingerprint density at radius 1 is 1.28 bits per heavy atom. The molecule has 1 atom stereocenters. The molecule has 3 heterocycles. The molecule has 0 bridgehead atoms. The monoisotopic (exact) mass is 529 g/mol. The topological polar surface area (TPSA) is 109 Å². The van der Waals surface area contributed by atoms with Crippen LogP contribution in [0.25, 0.3) is 11.3 Å². The van der Waals surface area contributed by atoms with E-state index in [9.17, 15) is 18.0 Å². The lowest BCUT2D eigenvalue weighted by Gasteiger charge is -2.19. The Balaban J connectivity index is 1.55. The van der Waals surface area contributed by atoms with E-state index < -0.39 is 15.8 Å². The van der Waals surface area contributed by atoms with Gasteiger partial charge in [-0.2, -0.15) is 0 Å². The number of pyridine rings is 1. The summed E-state index contributed by atoms with van der Waals surface area (Å²) in [4.78, 5) is 35.6. The van der Waals surface area contributed by atoms with E-state index in [0.717, 1.165) is 37.1 Å². The molecule has 4 rings (SSSR count). The van der Waals surface area contributed by atoms with Gasteiger partial charge in [0.05, 0.1) is 28.3 Å². The van der Waals surface area contributed by atoms with Crippen molar-refractivity contribution < 1.29 is 17.9 Å². The number of benzene rings is 1. The van der Waals surface area contributed by atoms with Gasteiger partial charge in [-0.15, -0.1) is 11.3 Å². The molecule has 1 fully saturated rings. The van der Waals surface area contributed by atoms with E-state index in [4.69, 9.17) is 4.74 Å². The summed E-state index contributed by atoms with van der Waals surface area (Å²) in [6, 6.07) is 10.1. The van der Waals surface area contributed by atoms with E-state index in [0.29, 0.717) is 34.6 Å². The zero-order chi connectivity index (χ0) is 25.9. The number of nitrogens with zero attached hydrogens (tertiary/aromatic N) is 2. The van der Waals surface area contributed by atoms with Crippen molar-refractivity contribution in [2.75, 3.05) is 20.2 Å². The fraction of sp³-hybridized carbons (Fsp3) is 0.423. The highest BCUT2D eigenvalue weighted by Crippen LogP contribution is 2.26. The number of carbonyl (C=O) groups is 1. The molecule has 0 aliphatic carbocycles. The second-order valence-electron chi connectivity index (χ2n) is 9.39. The SMILES string of the molecule is CC(C)c1[nH]c(=O)c(-c2csc(CS(=O)(=O)c3ccccc3)n2)cc1C(=O)OCCC1CCCN1C. The zero-order valence-corrected chi connectivity index (χ0v) is 22.3. The Morgan fingerprint density at radius 3 is 2.69 bits per heavy atom. The van der Waals surface area contributed by atoms with Crippen LogP contribution in [0.2, 0.25) is 0 Å². The second-order valence-corrected chi connectivity index (χ2v) is 12.3. The summed E-state index contributed by atoms with van der Waals surface area (Å²) in [7, 11) is -1.49. The molecule has 36 heavy (non-hydrogen) atoms. The fourth-order valence-electron chi connectivity index (χ4n) is 4.44. The quantitative estimate of drug-likeness (QED) is 0.413. The first-order valence-corrected chi connectivity index (χ1v) is 14.6. The minimum atomic E-state index is -3.57. The number of carbonyl (C=O) groups excluding carboxylic acids is 1. The molecule has 1 aliphatic heterocycles. The minimum Gasteiger partial charge on any atom is -0.462 e. The smallest absolute Gasteiger partial charge is 0.339 e. The Kier molecular flexibility index (Phi) is 8.07. The number of H-pyrrole nitrogens is 1. The van der Waals surface area contributed by atoms with Crippen molar-refractivity contribution >= 4 is 27.1 Å². The van der Waals surface area contributed by atoms with Gasteiger partial charge in [0.2, 0.25) is 0 Å². The number of ether oxygens (including phenoxy) is 1. The lowest BCUT2D eigenvalue weighted by atomic mass is 10.0. The molecule has 8 nitrogen and oxygen atoms in total. The Bertz CT molecular complexity index is 1380. The van der Waals surface area contributed by atoms with Gasteiger partial charge in [-0.05, 0) is 57.0 Å². The molecule has 1 unspecified atom stereocenters. The average molecular weight is 530 g/mol. The summed E-state index contributed by atoms with van der Waals surface area (Å²) < 4.78 is 31.1. The van der Waals surface area contributed by atoms with Gasteiger partial charge in [0.1, 0.15) is 10.8 Å². The normalized spacial score (nSPS) is 16.5. The van der Waals surface area contributed by atoms with E-state index in [-0.39, 0.29) is 27.7 Å². The number of aromatic nitrogens is 2. The van der Waals surface area contributed by atoms with Crippen LogP contribution >= 0.6 is 11.3 Å². The molecule has 1 aliphatic rings. The van der Waals surface area contributed by atoms with E-state index in [1.165, 1.54) is 6.07 Å². The maximum atomic E-state index is 13.0.